The number of aliphatic imine (C=N–C) groups is 1. The van der Waals surface area contributed by atoms with E-state index >= 15 is 0 Å². The molecule has 1 aliphatic carbocycles. The van der Waals surface area contributed by atoms with Crippen molar-refractivity contribution in [2.24, 2.45) is 4.99 Å². The van der Waals surface area contributed by atoms with Gasteiger partial charge in [-0.15, -0.1) is 0 Å². The van der Waals surface area contributed by atoms with E-state index in [9.17, 15) is 4.39 Å². The second-order valence-corrected chi connectivity index (χ2v) is 3.83. The monoisotopic (exact) mass is 190 g/mol. The summed E-state index contributed by atoms with van der Waals surface area (Å²) in [5.41, 5.74) is 3.43. The van der Waals surface area contributed by atoms with Crippen LogP contribution in [0.2, 0.25) is 0 Å². The Kier molecular flexibility index (Phi) is 1.60. The molecule has 1 unspecified atom stereocenters. The zero-order valence-corrected chi connectivity index (χ0v) is 7.76. The maximum absolute atomic E-state index is 13.1. The molecule has 0 fully saturated rings. The van der Waals surface area contributed by atoms with Crippen LogP contribution < -0.4 is 5.32 Å². The molecule has 0 aromatic heterocycles. The van der Waals surface area contributed by atoms with E-state index in [1.54, 1.807) is 0 Å². The maximum atomic E-state index is 13.1. The number of halogens is 1. The minimum atomic E-state index is -0.443. The molecule has 0 saturated carbocycles. The van der Waals surface area contributed by atoms with Gasteiger partial charge in [-0.05, 0) is 30.9 Å². The van der Waals surface area contributed by atoms with Gasteiger partial charge in [-0.2, -0.15) is 4.39 Å². The lowest BCUT2D eigenvalue weighted by Gasteiger charge is -2.28. The topological polar surface area (TPSA) is 24.4 Å². The SMILES string of the molecule is FC1=NC2CCCc3cccc(c32)N1. The first-order chi connectivity index (χ1) is 6.84. The lowest BCUT2D eigenvalue weighted by Crippen LogP contribution is -2.20. The summed E-state index contributed by atoms with van der Waals surface area (Å²) in [6.07, 6.45) is 2.73. The number of rotatable bonds is 0. The number of anilines is 1. The molecular formula is C11H11FN2. The Morgan fingerprint density at radius 2 is 2.36 bits per heavy atom. The zero-order valence-electron chi connectivity index (χ0n) is 7.76. The van der Waals surface area contributed by atoms with E-state index in [0.717, 1.165) is 24.9 Å². The summed E-state index contributed by atoms with van der Waals surface area (Å²) >= 11 is 0. The van der Waals surface area contributed by atoms with Crippen LogP contribution in [0.5, 0.6) is 0 Å². The molecule has 3 rings (SSSR count). The predicted molar refractivity (Wildman–Crippen MR) is 54.3 cm³/mol. The van der Waals surface area contributed by atoms with Crippen LogP contribution in [0.3, 0.4) is 0 Å². The van der Waals surface area contributed by atoms with E-state index in [1.165, 1.54) is 11.1 Å². The van der Waals surface area contributed by atoms with Crippen LogP contribution in [0, 0.1) is 0 Å². The highest BCUT2D eigenvalue weighted by atomic mass is 19.1. The van der Waals surface area contributed by atoms with Crippen molar-refractivity contribution in [1.82, 2.24) is 0 Å². The fourth-order valence-corrected chi connectivity index (χ4v) is 2.37. The van der Waals surface area contributed by atoms with Gasteiger partial charge in [0.25, 0.3) is 6.09 Å². The van der Waals surface area contributed by atoms with Gasteiger partial charge in [-0.1, -0.05) is 12.1 Å². The molecule has 0 saturated heterocycles. The van der Waals surface area contributed by atoms with Gasteiger partial charge < -0.3 is 5.32 Å². The van der Waals surface area contributed by atoms with E-state index in [2.05, 4.69) is 16.4 Å². The third-order valence-electron chi connectivity index (χ3n) is 2.96. The molecule has 0 bridgehead atoms. The quantitative estimate of drug-likeness (QED) is 0.625. The largest absolute Gasteiger partial charge is 0.316 e. The minimum Gasteiger partial charge on any atom is -0.316 e. The average molecular weight is 190 g/mol. The number of nitrogens with one attached hydrogen (secondary N) is 1. The highest BCUT2D eigenvalue weighted by Crippen LogP contribution is 2.39. The van der Waals surface area contributed by atoms with Crippen molar-refractivity contribution in [2.45, 2.75) is 25.3 Å². The highest BCUT2D eigenvalue weighted by molar-refractivity contribution is 5.91. The summed E-state index contributed by atoms with van der Waals surface area (Å²) in [6.45, 7) is 0. The van der Waals surface area contributed by atoms with E-state index in [-0.39, 0.29) is 6.04 Å². The lowest BCUT2D eigenvalue weighted by molar-refractivity contribution is 0.559. The van der Waals surface area contributed by atoms with Crippen LogP contribution >= 0.6 is 0 Å². The second-order valence-electron chi connectivity index (χ2n) is 3.83. The summed E-state index contributed by atoms with van der Waals surface area (Å²) < 4.78 is 13.1. The summed E-state index contributed by atoms with van der Waals surface area (Å²) in [4.78, 5) is 3.99. The van der Waals surface area contributed by atoms with Gasteiger partial charge in [0.1, 0.15) is 0 Å². The molecule has 1 N–H and O–H groups in total. The number of nitrogens with zero attached hydrogens (tertiary/aromatic N) is 1. The van der Waals surface area contributed by atoms with Crippen molar-refractivity contribution >= 4 is 11.8 Å². The number of hydrogen-bond acceptors (Lipinski definition) is 2. The van der Waals surface area contributed by atoms with Crippen molar-refractivity contribution in [2.75, 3.05) is 5.32 Å². The van der Waals surface area contributed by atoms with E-state index < -0.39 is 6.09 Å². The summed E-state index contributed by atoms with van der Waals surface area (Å²) in [5.74, 6) is 0. The predicted octanol–water partition coefficient (Wildman–Crippen LogP) is 2.82. The third-order valence-corrected chi connectivity index (χ3v) is 2.96. The molecule has 1 aromatic carbocycles. The van der Waals surface area contributed by atoms with Gasteiger partial charge in [0, 0.05) is 11.3 Å². The van der Waals surface area contributed by atoms with Crippen LogP contribution in [0.4, 0.5) is 10.1 Å². The van der Waals surface area contributed by atoms with Crippen LogP contribution in [0.15, 0.2) is 23.2 Å². The van der Waals surface area contributed by atoms with Gasteiger partial charge in [0.2, 0.25) is 0 Å². The van der Waals surface area contributed by atoms with Crippen molar-refractivity contribution in [3.8, 4) is 0 Å². The molecule has 1 atom stereocenters. The Labute approximate surface area is 81.9 Å². The number of hydrogen-bond donors (Lipinski definition) is 1. The van der Waals surface area contributed by atoms with Crippen LogP contribution in [0.25, 0.3) is 0 Å². The van der Waals surface area contributed by atoms with Crippen molar-refractivity contribution < 1.29 is 4.39 Å². The smallest absolute Gasteiger partial charge is 0.282 e. The summed E-state index contributed by atoms with van der Waals surface area (Å²) in [5, 5.41) is 2.68. The summed E-state index contributed by atoms with van der Waals surface area (Å²) in [6, 6.07) is 6.06. The van der Waals surface area contributed by atoms with E-state index in [4.69, 9.17) is 0 Å². The van der Waals surface area contributed by atoms with Crippen molar-refractivity contribution in [1.29, 1.82) is 0 Å². The van der Waals surface area contributed by atoms with E-state index in [0.29, 0.717) is 0 Å². The van der Waals surface area contributed by atoms with E-state index in [1.807, 2.05) is 12.1 Å². The Morgan fingerprint density at radius 3 is 3.29 bits per heavy atom. The van der Waals surface area contributed by atoms with Crippen LogP contribution in [0.1, 0.15) is 30.0 Å². The van der Waals surface area contributed by atoms with Crippen molar-refractivity contribution in [3.63, 3.8) is 0 Å². The fraction of sp³-hybridized carbons (Fsp3) is 0.364. The summed E-state index contributed by atoms with van der Waals surface area (Å²) in [7, 11) is 0. The molecular weight excluding hydrogens is 179 g/mol. The highest BCUT2D eigenvalue weighted by Gasteiger charge is 2.26. The van der Waals surface area contributed by atoms with Gasteiger partial charge in [-0.3, -0.25) is 0 Å². The molecule has 14 heavy (non-hydrogen) atoms. The first-order valence-electron chi connectivity index (χ1n) is 4.97. The molecule has 0 radical (unpaired) electrons. The molecule has 1 aliphatic heterocycles. The first-order valence-corrected chi connectivity index (χ1v) is 4.97. The third kappa shape index (κ3) is 1.05. The molecule has 0 spiro atoms. The van der Waals surface area contributed by atoms with Gasteiger partial charge in [0.15, 0.2) is 0 Å². The van der Waals surface area contributed by atoms with Crippen LogP contribution in [-0.2, 0) is 6.42 Å². The standard InChI is InChI=1S/C11H11FN2/c12-11-13-8-5-1-3-7-4-2-6-9(14-11)10(7)8/h1,3,5,9H,2,4,6H2,(H,13,14). The lowest BCUT2D eigenvalue weighted by atomic mass is 9.86. The van der Waals surface area contributed by atoms with Gasteiger partial charge in [-0.25, -0.2) is 4.99 Å². The average Bonchev–Trinajstić information content (AvgIpc) is 2.18. The molecule has 2 aliphatic rings. The number of benzene rings is 1. The zero-order chi connectivity index (χ0) is 9.54. The first kappa shape index (κ1) is 7.97. The van der Waals surface area contributed by atoms with Gasteiger partial charge >= 0.3 is 0 Å². The Balaban J connectivity index is 2.20. The Morgan fingerprint density at radius 1 is 1.43 bits per heavy atom. The normalized spacial score (nSPS) is 23.5. The fourth-order valence-electron chi connectivity index (χ4n) is 2.37. The van der Waals surface area contributed by atoms with Crippen LogP contribution in [-0.4, -0.2) is 6.09 Å². The molecule has 1 heterocycles. The number of aryl methyl sites for hydroxylation is 1. The Hall–Kier alpha value is -1.38. The Bertz CT molecular complexity index is 412. The minimum absolute atomic E-state index is 0.0520. The molecule has 0 amide bonds. The molecule has 2 nitrogen and oxygen atoms in total. The second kappa shape index (κ2) is 2.80. The molecule has 3 heteroatoms. The van der Waals surface area contributed by atoms with Gasteiger partial charge in [0.05, 0.1) is 6.04 Å². The molecule has 72 valence electrons. The number of amidine groups is 1. The maximum Gasteiger partial charge on any atom is 0.282 e. The van der Waals surface area contributed by atoms with Crippen molar-refractivity contribution in [3.05, 3.63) is 29.3 Å². The molecule has 1 aromatic rings.